The molecule has 0 radical (unpaired) electrons. The molecule has 0 unspecified atom stereocenters. The maximum atomic E-state index is 13.1. The van der Waals surface area contributed by atoms with E-state index in [-0.39, 0.29) is 5.56 Å². The number of benzene rings is 1. The minimum atomic E-state index is -3.85. The maximum Gasteiger partial charge on any atom is 0.215 e. The lowest BCUT2D eigenvalue weighted by molar-refractivity contribution is 0.560. The molecule has 1 aromatic carbocycles. The van der Waals surface area contributed by atoms with Gasteiger partial charge in [0.05, 0.1) is 0 Å². The van der Waals surface area contributed by atoms with Crippen LogP contribution >= 0.6 is 0 Å². The van der Waals surface area contributed by atoms with Gasteiger partial charge in [0, 0.05) is 11.6 Å². The summed E-state index contributed by atoms with van der Waals surface area (Å²) >= 11 is 0. The Bertz CT molecular complexity index is 445. The molecule has 0 aliphatic rings. The van der Waals surface area contributed by atoms with E-state index in [0.29, 0.717) is 6.07 Å². The third kappa shape index (κ3) is 2.27. The van der Waals surface area contributed by atoms with Crippen LogP contribution in [0.15, 0.2) is 18.2 Å². The second-order valence-electron chi connectivity index (χ2n) is 2.90. The molecule has 1 atom stereocenters. The highest BCUT2D eigenvalue weighted by Crippen LogP contribution is 2.22. The van der Waals surface area contributed by atoms with Gasteiger partial charge >= 0.3 is 0 Å². The van der Waals surface area contributed by atoms with Crippen molar-refractivity contribution in [2.24, 2.45) is 5.14 Å². The average Bonchev–Trinajstić information content (AvgIpc) is 2.01. The summed E-state index contributed by atoms with van der Waals surface area (Å²) in [5, 5.41) is 3.65. The van der Waals surface area contributed by atoms with Crippen LogP contribution in [-0.2, 0) is 10.0 Å². The zero-order valence-electron chi connectivity index (χ0n) is 7.37. The number of primary sulfonamides is 1. The van der Waals surface area contributed by atoms with Crippen molar-refractivity contribution >= 4 is 10.0 Å². The molecule has 0 aromatic heterocycles. The minimum absolute atomic E-state index is 0.131. The molecular formula is C8H9F2NO2S. The molecule has 0 spiro atoms. The second kappa shape index (κ2) is 3.62. The van der Waals surface area contributed by atoms with Gasteiger partial charge in [-0.05, 0) is 13.0 Å². The van der Waals surface area contributed by atoms with Crippen molar-refractivity contribution in [1.29, 1.82) is 0 Å². The number of hydrogen-bond donors (Lipinski definition) is 1. The van der Waals surface area contributed by atoms with Crippen LogP contribution in [-0.4, -0.2) is 8.42 Å². The van der Waals surface area contributed by atoms with Gasteiger partial charge in [0.1, 0.15) is 16.9 Å². The third-order valence-electron chi connectivity index (χ3n) is 1.89. The molecule has 6 heteroatoms. The highest BCUT2D eigenvalue weighted by molar-refractivity contribution is 7.89. The number of rotatable bonds is 2. The van der Waals surface area contributed by atoms with Gasteiger partial charge in [0.25, 0.3) is 0 Å². The first kappa shape index (κ1) is 11.1. The van der Waals surface area contributed by atoms with Gasteiger partial charge in [-0.1, -0.05) is 6.07 Å². The Morgan fingerprint density at radius 1 is 1.36 bits per heavy atom. The first-order valence-corrected chi connectivity index (χ1v) is 5.40. The fourth-order valence-electron chi connectivity index (χ4n) is 1.01. The van der Waals surface area contributed by atoms with Crippen molar-refractivity contribution in [3.05, 3.63) is 35.4 Å². The zero-order valence-corrected chi connectivity index (χ0v) is 8.18. The van der Waals surface area contributed by atoms with Crippen LogP contribution in [0.25, 0.3) is 0 Å². The summed E-state index contributed by atoms with van der Waals surface area (Å²) in [5.41, 5.74) is -0.131. The Morgan fingerprint density at radius 3 is 2.36 bits per heavy atom. The van der Waals surface area contributed by atoms with E-state index in [1.165, 1.54) is 6.92 Å². The Morgan fingerprint density at radius 2 is 1.93 bits per heavy atom. The second-order valence-corrected chi connectivity index (χ2v) is 4.78. The van der Waals surface area contributed by atoms with Gasteiger partial charge < -0.3 is 0 Å². The largest absolute Gasteiger partial charge is 0.228 e. The fourth-order valence-corrected chi connectivity index (χ4v) is 1.55. The Hall–Kier alpha value is -1.01. The molecule has 0 heterocycles. The molecular weight excluding hydrogens is 212 g/mol. The van der Waals surface area contributed by atoms with Crippen molar-refractivity contribution in [3.63, 3.8) is 0 Å². The van der Waals surface area contributed by atoms with Crippen LogP contribution in [0.1, 0.15) is 17.7 Å². The van der Waals surface area contributed by atoms with E-state index in [4.69, 9.17) is 5.14 Å². The summed E-state index contributed by atoms with van der Waals surface area (Å²) in [6.45, 7) is 1.24. The van der Waals surface area contributed by atoms with Crippen molar-refractivity contribution in [2.45, 2.75) is 12.2 Å². The van der Waals surface area contributed by atoms with E-state index >= 15 is 0 Å². The van der Waals surface area contributed by atoms with E-state index < -0.39 is 26.9 Å². The van der Waals surface area contributed by atoms with E-state index in [2.05, 4.69) is 0 Å². The predicted octanol–water partition coefficient (Wildman–Crippen LogP) is 1.31. The molecule has 3 nitrogen and oxygen atoms in total. The molecule has 0 fully saturated rings. The van der Waals surface area contributed by atoms with Crippen molar-refractivity contribution < 1.29 is 17.2 Å². The summed E-state index contributed by atoms with van der Waals surface area (Å²) in [6, 6.07) is 2.68. The van der Waals surface area contributed by atoms with Crippen LogP contribution in [0, 0.1) is 11.6 Å². The molecule has 0 saturated heterocycles. The highest BCUT2D eigenvalue weighted by atomic mass is 32.2. The monoisotopic (exact) mass is 221 g/mol. The van der Waals surface area contributed by atoms with Crippen molar-refractivity contribution in [2.75, 3.05) is 0 Å². The molecule has 2 N–H and O–H groups in total. The number of halogens is 2. The summed E-state index contributed by atoms with van der Waals surface area (Å²) in [6.07, 6.45) is 0. The van der Waals surface area contributed by atoms with Crippen LogP contribution in [0.5, 0.6) is 0 Å². The lowest BCUT2D eigenvalue weighted by Crippen LogP contribution is -2.20. The Balaban J connectivity index is 3.21. The van der Waals surface area contributed by atoms with Crippen molar-refractivity contribution in [3.8, 4) is 0 Å². The van der Waals surface area contributed by atoms with Crippen LogP contribution in [0.4, 0.5) is 8.78 Å². The molecule has 1 rings (SSSR count). The Kier molecular flexibility index (Phi) is 2.86. The van der Waals surface area contributed by atoms with Gasteiger partial charge in [-0.2, -0.15) is 0 Å². The SMILES string of the molecule is C[C@H](c1ccc(F)cc1F)S(N)(=O)=O. The van der Waals surface area contributed by atoms with Crippen molar-refractivity contribution in [1.82, 2.24) is 0 Å². The van der Waals surface area contributed by atoms with Crippen LogP contribution < -0.4 is 5.14 Å². The lowest BCUT2D eigenvalue weighted by Gasteiger charge is -2.09. The molecule has 0 bridgehead atoms. The number of nitrogens with two attached hydrogens (primary N) is 1. The normalized spacial score (nSPS) is 14.0. The molecule has 0 amide bonds. The van der Waals surface area contributed by atoms with Crippen LogP contribution in [0.3, 0.4) is 0 Å². The standard InChI is InChI=1S/C8H9F2NO2S/c1-5(14(11,12)13)7-3-2-6(9)4-8(7)10/h2-5H,1H3,(H2,11,12,13)/t5-/m1/s1. The summed E-state index contributed by atoms with van der Waals surface area (Å²) in [5.74, 6) is -1.67. The first-order valence-electron chi connectivity index (χ1n) is 3.79. The zero-order chi connectivity index (χ0) is 10.9. The minimum Gasteiger partial charge on any atom is -0.228 e. The van der Waals surface area contributed by atoms with Crippen LogP contribution in [0.2, 0.25) is 0 Å². The first-order chi connectivity index (χ1) is 6.32. The summed E-state index contributed by atoms with van der Waals surface area (Å²) in [4.78, 5) is 0. The fraction of sp³-hybridized carbons (Fsp3) is 0.250. The quantitative estimate of drug-likeness (QED) is 0.818. The van der Waals surface area contributed by atoms with E-state index in [1.54, 1.807) is 0 Å². The average molecular weight is 221 g/mol. The molecule has 0 aliphatic heterocycles. The van der Waals surface area contributed by atoms with Gasteiger partial charge in [0.15, 0.2) is 0 Å². The molecule has 0 saturated carbocycles. The third-order valence-corrected chi connectivity index (χ3v) is 3.13. The highest BCUT2D eigenvalue weighted by Gasteiger charge is 2.21. The number of sulfonamides is 1. The maximum absolute atomic E-state index is 13.1. The summed E-state index contributed by atoms with van der Waals surface area (Å²) < 4.78 is 47.3. The van der Waals surface area contributed by atoms with Gasteiger partial charge in [-0.25, -0.2) is 22.3 Å². The van der Waals surface area contributed by atoms with E-state index in [0.717, 1.165) is 12.1 Å². The lowest BCUT2D eigenvalue weighted by atomic mass is 10.1. The van der Waals surface area contributed by atoms with E-state index in [9.17, 15) is 17.2 Å². The molecule has 1 aromatic rings. The smallest absolute Gasteiger partial charge is 0.215 e. The molecule has 14 heavy (non-hydrogen) atoms. The topological polar surface area (TPSA) is 60.2 Å². The van der Waals surface area contributed by atoms with Gasteiger partial charge in [-0.3, -0.25) is 0 Å². The molecule has 78 valence electrons. The summed E-state index contributed by atoms with van der Waals surface area (Å²) in [7, 11) is -3.85. The van der Waals surface area contributed by atoms with Gasteiger partial charge in [-0.15, -0.1) is 0 Å². The Labute approximate surface area is 80.6 Å². The van der Waals surface area contributed by atoms with Gasteiger partial charge in [0.2, 0.25) is 10.0 Å². The van der Waals surface area contributed by atoms with E-state index in [1.807, 2.05) is 0 Å². The molecule has 0 aliphatic carbocycles. The number of hydrogen-bond acceptors (Lipinski definition) is 2. The predicted molar refractivity (Wildman–Crippen MR) is 47.9 cm³/mol.